The summed E-state index contributed by atoms with van der Waals surface area (Å²) in [4.78, 5) is 0. The van der Waals surface area contributed by atoms with Gasteiger partial charge in [0.1, 0.15) is 5.75 Å². The third-order valence-corrected chi connectivity index (χ3v) is 5.27. The molecule has 2 nitrogen and oxygen atoms in total. The summed E-state index contributed by atoms with van der Waals surface area (Å²) in [5.41, 5.74) is 3.35. The molecule has 1 aliphatic carbocycles. The molecule has 1 saturated carbocycles. The topological polar surface area (TPSA) is 21.3 Å². The van der Waals surface area contributed by atoms with E-state index in [1.165, 1.54) is 36.8 Å². The summed E-state index contributed by atoms with van der Waals surface area (Å²) in [5.74, 6) is 1.93. The number of fused-ring (bicyclic) bond motifs is 1. The predicted octanol–water partition coefficient (Wildman–Crippen LogP) is 4.74. The van der Waals surface area contributed by atoms with Crippen LogP contribution < -0.4 is 10.1 Å². The molecule has 1 fully saturated rings. The molecule has 0 saturated heterocycles. The van der Waals surface area contributed by atoms with Crippen molar-refractivity contribution in [1.29, 1.82) is 0 Å². The fourth-order valence-electron chi connectivity index (χ4n) is 3.77. The van der Waals surface area contributed by atoms with E-state index in [-0.39, 0.29) is 12.4 Å². The maximum Gasteiger partial charge on any atom is 0.120 e. The largest absolute Gasteiger partial charge is 0.490 e. The minimum Gasteiger partial charge on any atom is -0.490 e. The van der Waals surface area contributed by atoms with Gasteiger partial charge in [-0.2, -0.15) is 0 Å². The molecule has 0 radical (unpaired) electrons. The Kier molecular flexibility index (Phi) is 5.79. The molecule has 0 unspecified atom stereocenters. The molecule has 0 bridgehead atoms. The zero-order valence-electron chi connectivity index (χ0n) is 14.2. The predicted molar refractivity (Wildman–Crippen MR) is 94.9 cm³/mol. The van der Waals surface area contributed by atoms with E-state index in [2.05, 4.69) is 44.3 Å². The van der Waals surface area contributed by atoms with E-state index in [0.717, 1.165) is 31.2 Å². The molecule has 0 atom stereocenters. The van der Waals surface area contributed by atoms with E-state index in [9.17, 15) is 0 Å². The zero-order valence-corrected chi connectivity index (χ0v) is 15.0. The molecule has 22 heavy (non-hydrogen) atoms. The van der Waals surface area contributed by atoms with Crippen molar-refractivity contribution in [3.05, 3.63) is 29.3 Å². The molecule has 0 aromatic heterocycles. The van der Waals surface area contributed by atoms with Gasteiger partial charge in [-0.3, -0.25) is 0 Å². The summed E-state index contributed by atoms with van der Waals surface area (Å²) >= 11 is 0. The van der Waals surface area contributed by atoms with Crippen LogP contribution in [-0.4, -0.2) is 12.6 Å². The Bertz CT molecular complexity index is 487. The number of hydrogen-bond donors (Lipinski definition) is 1. The van der Waals surface area contributed by atoms with Gasteiger partial charge in [-0.05, 0) is 73.2 Å². The Hall–Kier alpha value is -0.730. The first kappa shape index (κ1) is 17.6. The van der Waals surface area contributed by atoms with Crippen LogP contribution in [0.1, 0.15) is 57.6 Å². The number of halogens is 1. The first-order chi connectivity index (χ1) is 10.0. The van der Waals surface area contributed by atoms with Crippen molar-refractivity contribution in [1.82, 2.24) is 5.32 Å². The standard InChI is InChI=1S/C19H29NO.ClH/c1-19(2,3)16-5-8-17(9-6-16)21-18-7-4-15-13-20-11-10-14(15)12-18;/h4,7,12,16-17,20H,5-6,8-11,13H2,1-3H3;1H. The van der Waals surface area contributed by atoms with Crippen LogP contribution in [0.5, 0.6) is 5.75 Å². The monoisotopic (exact) mass is 323 g/mol. The van der Waals surface area contributed by atoms with Crippen molar-refractivity contribution < 1.29 is 4.74 Å². The summed E-state index contributed by atoms with van der Waals surface area (Å²) in [6, 6.07) is 6.66. The normalized spacial score (nSPS) is 25.0. The smallest absolute Gasteiger partial charge is 0.120 e. The van der Waals surface area contributed by atoms with E-state index in [1.807, 2.05) is 0 Å². The third-order valence-electron chi connectivity index (χ3n) is 5.27. The maximum atomic E-state index is 6.26. The van der Waals surface area contributed by atoms with Gasteiger partial charge in [0.15, 0.2) is 0 Å². The zero-order chi connectivity index (χ0) is 14.9. The van der Waals surface area contributed by atoms with Gasteiger partial charge in [0.2, 0.25) is 0 Å². The van der Waals surface area contributed by atoms with E-state index < -0.39 is 0 Å². The lowest BCUT2D eigenvalue weighted by Crippen LogP contribution is -2.30. The Labute approximate surface area is 141 Å². The van der Waals surface area contributed by atoms with Gasteiger partial charge >= 0.3 is 0 Å². The molecule has 1 aromatic rings. The summed E-state index contributed by atoms with van der Waals surface area (Å²) in [7, 11) is 0. The SMILES string of the molecule is CC(C)(C)C1CCC(Oc2ccc3c(c2)CCNC3)CC1.Cl. The van der Waals surface area contributed by atoms with Crippen molar-refractivity contribution in [3.8, 4) is 5.75 Å². The maximum absolute atomic E-state index is 6.26. The second kappa shape index (κ2) is 7.23. The van der Waals surface area contributed by atoms with Crippen LogP contribution in [0.25, 0.3) is 0 Å². The van der Waals surface area contributed by atoms with Gasteiger partial charge in [-0.1, -0.05) is 26.8 Å². The highest BCUT2D eigenvalue weighted by Crippen LogP contribution is 2.38. The molecular weight excluding hydrogens is 294 g/mol. The van der Waals surface area contributed by atoms with Gasteiger partial charge in [0.25, 0.3) is 0 Å². The van der Waals surface area contributed by atoms with Crippen LogP contribution in [0.4, 0.5) is 0 Å². The molecule has 3 heteroatoms. The van der Waals surface area contributed by atoms with Crippen LogP contribution in [0, 0.1) is 11.3 Å². The second-order valence-corrected chi connectivity index (χ2v) is 7.81. The first-order valence-electron chi connectivity index (χ1n) is 8.51. The molecule has 0 spiro atoms. The molecule has 1 N–H and O–H groups in total. The number of rotatable bonds is 2. The summed E-state index contributed by atoms with van der Waals surface area (Å²) in [5, 5.41) is 3.42. The number of hydrogen-bond acceptors (Lipinski definition) is 2. The number of ether oxygens (including phenoxy) is 1. The Morgan fingerprint density at radius 3 is 2.45 bits per heavy atom. The molecule has 1 aliphatic heterocycles. The Morgan fingerprint density at radius 1 is 1.05 bits per heavy atom. The van der Waals surface area contributed by atoms with Crippen LogP contribution >= 0.6 is 12.4 Å². The summed E-state index contributed by atoms with van der Waals surface area (Å²) < 4.78 is 6.26. The quantitative estimate of drug-likeness (QED) is 0.849. The highest BCUT2D eigenvalue weighted by molar-refractivity contribution is 5.85. The minimum absolute atomic E-state index is 0. The Morgan fingerprint density at radius 2 is 1.77 bits per heavy atom. The van der Waals surface area contributed by atoms with Crippen molar-refractivity contribution in [3.63, 3.8) is 0 Å². The average Bonchev–Trinajstić information content (AvgIpc) is 2.47. The van der Waals surface area contributed by atoms with E-state index >= 15 is 0 Å². The van der Waals surface area contributed by atoms with Crippen LogP contribution in [0.2, 0.25) is 0 Å². The van der Waals surface area contributed by atoms with Crippen molar-refractivity contribution in [2.24, 2.45) is 11.3 Å². The lowest BCUT2D eigenvalue weighted by molar-refractivity contribution is 0.0881. The molecule has 3 rings (SSSR count). The van der Waals surface area contributed by atoms with E-state index in [1.54, 1.807) is 0 Å². The van der Waals surface area contributed by atoms with Crippen molar-refractivity contribution >= 4 is 12.4 Å². The van der Waals surface area contributed by atoms with Gasteiger partial charge < -0.3 is 10.1 Å². The van der Waals surface area contributed by atoms with Gasteiger partial charge in [-0.25, -0.2) is 0 Å². The lowest BCUT2D eigenvalue weighted by Gasteiger charge is -2.37. The molecule has 124 valence electrons. The van der Waals surface area contributed by atoms with Crippen LogP contribution in [0.15, 0.2) is 18.2 Å². The van der Waals surface area contributed by atoms with Crippen molar-refractivity contribution in [2.45, 2.75) is 65.5 Å². The van der Waals surface area contributed by atoms with Gasteiger partial charge in [-0.15, -0.1) is 12.4 Å². The highest BCUT2D eigenvalue weighted by Gasteiger charge is 2.30. The second-order valence-electron chi connectivity index (χ2n) is 7.81. The summed E-state index contributed by atoms with van der Waals surface area (Å²) in [6.07, 6.45) is 6.58. The molecule has 1 aromatic carbocycles. The molecule has 1 heterocycles. The minimum atomic E-state index is 0. The lowest BCUT2D eigenvalue weighted by atomic mass is 9.72. The molecule has 2 aliphatic rings. The van der Waals surface area contributed by atoms with Gasteiger partial charge in [0.05, 0.1) is 6.10 Å². The fraction of sp³-hybridized carbons (Fsp3) is 0.684. The number of benzene rings is 1. The third kappa shape index (κ3) is 4.17. The van der Waals surface area contributed by atoms with Crippen molar-refractivity contribution in [2.75, 3.05) is 6.54 Å². The van der Waals surface area contributed by atoms with E-state index in [0.29, 0.717) is 11.5 Å². The highest BCUT2D eigenvalue weighted by atomic mass is 35.5. The van der Waals surface area contributed by atoms with Gasteiger partial charge in [0, 0.05) is 6.54 Å². The van der Waals surface area contributed by atoms with Crippen LogP contribution in [0.3, 0.4) is 0 Å². The average molecular weight is 324 g/mol. The first-order valence-corrected chi connectivity index (χ1v) is 8.51. The number of nitrogens with one attached hydrogen (secondary N) is 1. The van der Waals surface area contributed by atoms with Crippen LogP contribution in [-0.2, 0) is 13.0 Å². The fourth-order valence-corrected chi connectivity index (χ4v) is 3.77. The molecule has 0 amide bonds. The molecular formula is C19H30ClNO. The summed E-state index contributed by atoms with van der Waals surface area (Å²) in [6.45, 7) is 9.21. The van der Waals surface area contributed by atoms with E-state index in [4.69, 9.17) is 4.74 Å². The Balaban J connectivity index is 0.00000176.